The lowest BCUT2D eigenvalue weighted by Gasteiger charge is -2.25. The number of fused-ring (bicyclic) bond motifs is 1. The smallest absolute Gasteiger partial charge is 0.338 e. The Labute approximate surface area is 293 Å². The van der Waals surface area contributed by atoms with Crippen molar-refractivity contribution in [1.29, 1.82) is 0 Å². The number of allylic oxidation sites excluding steroid dienone is 1. The number of carbonyl (C=O) groups excluding carboxylic acids is 1. The number of para-hydroxylation sites is 1. The van der Waals surface area contributed by atoms with E-state index < -0.39 is 12.0 Å². The molecule has 0 bridgehead atoms. The van der Waals surface area contributed by atoms with E-state index in [1.54, 1.807) is 44.8 Å². The van der Waals surface area contributed by atoms with E-state index >= 15 is 0 Å². The molecule has 0 fully saturated rings. The molecule has 1 atom stereocenters. The Morgan fingerprint density at radius 2 is 1.48 bits per heavy atom. The first-order valence-electron chi connectivity index (χ1n) is 16.3. The topological polar surface area (TPSA) is 84.1 Å². The Morgan fingerprint density at radius 1 is 0.840 bits per heavy atom. The lowest BCUT2D eigenvalue weighted by Crippen LogP contribution is -2.40. The molecular formula is C41H35N3O5S. The molecule has 6 aromatic rings. The quantitative estimate of drug-likeness (QED) is 0.155. The first-order valence-corrected chi connectivity index (χ1v) is 17.1. The van der Waals surface area contributed by atoms with Crippen molar-refractivity contribution >= 4 is 23.4 Å². The zero-order valence-corrected chi connectivity index (χ0v) is 28.9. The second-order valence-corrected chi connectivity index (χ2v) is 12.7. The van der Waals surface area contributed by atoms with Gasteiger partial charge in [-0.3, -0.25) is 9.36 Å². The van der Waals surface area contributed by atoms with Gasteiger partial charge < -0.3 is 18.8 Å². The van der Waals surface area contributed by atoms with Crippen molar-refractivity contribution in [2.24, 2.45) is 4.99 Å². The van der Waals surface area contributed by atoms with Crippen LogP contribution in [0.1, 0.15) is 31.0 Å². The zero-order chi connectivity index (χ0) is 34.8. The van der Waals surface area contributed by atoms with Crippen LogP contribution in [0.15, 0.2) is 136 Å². The molecule has 3 heterocycles. The van der Waals surface area contributed by atoms with Crippen LogP contribution in [0.25, 0.3) is 34.3 Å². The van der Waals surface area contributed by atoms with Gasteiger partial charge in [-0.25, -0.2) is 9.79 Å². The number of hydrogen-bond acceptors (Lipinski definition) is 7. The molecule has 0 radical (unpaired) electrons. The molecule has 2 aromatic heterocycles. The molecule has 0 saturated carbocycles. The summed E-state index contributed by atoms with van der Waals surface area (Å²) >= 11 is 1.29. The molecule has 0 amide bonds. The van der Waals surface area contributed by atoms with E-state index in [9.17, 15) is 9.59 Å². The van der Waals surface area contributed by atoms with E-state index in [0.29, 0.717) is 37.7 Å². The van der Waals surface area contributed by atoms with Crippen LogP contribution in [0.5, 0.6) is 11.5 Å². The molecule has 0 unspecified atom stereocenters. The Hall–Kier alpha value is -5.93. The predicted octanol–water partition coefficient (Wildman–Crippen LogP) is 6.94. The summed E-state index contributed by atoms with van der Waals surface area (Å²) in [6, 6.07) is 37.3. The van der Waals surface area contributed by atoms with Gasteiger partial charge in [0.15, 0.2) is 16.3 Å². The van der Waals surface area contributed by atoms with Gasteiger partial charge in [0.25, 0.3) is 5.56 Å². The summed E-state index contributed by atoms with van der Waals surface area (Å²) < 4.78 is 20.9. The van der Waals surface area contributed by atoms with Crippen molar-refractivity contribution in [1.82, 2.24) is 9.13 Å². The second-order valence-electron chi connectivity index (χ2n) is 11.7. The van der Waals surface area contributed by atoms with Gasteiger partial charge in [-0.05, 0) is 66.9 Å². The average Bonchev–Trinajstić information content (AvgIpc) is 3.68. The van der Waals surface area contributed by atoms with Crippen molar-refractivity contribution in [2.75, 3.05) is 20.8 Å². The van der Waals surface area contributed by atoms with Crippen molar-refractivity contribution in [3.05, 3.63) is 157 Å². The van der Waals surface area contributed by atoms with Gasteiger partial charge in [-0.1, -0.05) is 96.3 Å². The predicted molar refractivity (Wildman–Crippen MR) is 197 cm³/mol. The number of nitrogens with zero attached hydrogens (tertiary/aromatic N) is 3. The number of benzene rings is 4. The number of esters is 1. The number of rotatable bonds is 9. The third kappa shape index (κ3) is 5.86. The highest BCUT2D eigenvalue weighted by molar-refractivity contribution is 7.07. The summed E-state index contributed by atoms with van der Waals surface area (Å²) in [6.07, 6.45) is 1.94. The molecule has 50 heavy (non-hydrogen) atoms. The molecule has 0 spiro atoms. The highest BCUT2D eigenvalue weighted by atomic mass is 32.1. The molecule has 0 aliphatic carbocycles. The normalized spacial score (nSPS) is 14.2. The van der Waals surface area contributed by atoms with Gasteiger partial charge in [0.2, 0.25) is 0 Å². The minimum absolute atomic E-state index is 0.184. The van der Waals surface area contributed by atoms with Crippen LogP contribution >= 0.6 is 11.3 Å². The molecule has 1 aliphatic rings. The zero-order valence-electron chi connectivity index (χ0n) is 28.1. The van der Waals surface area contributed by atoms with Crippen molar-refractivity contribution in [3.63, 3.8) is 0 Å². The van der Waals surface area contributed by atoms with Gasteiger partial charge in [0.1, 0.15) is 0 Å². The number of ether oxygens (including phenoxy) is 3. The van der Waals surface area contributed by atoms with E-state index in [2.05, 4.69) is 47.0 Å². The number of aromatic nitrogens is 2. The molecule has 9 heteroatoms. The van der Waals surface area contributed by atoms with Crippen LogP contribution in [0.2, 0.25) is 0 Å². The number of methoxy groups -OCH3 is 2. The van der Waals surface area contributed by atoms with Crippen molar-refractivity contribution in [3.8, 4) is 39.7 Å². The highest BCUT2D eigenvalue weighted by Crippen LogP contribution is 2.38. The molecule has 4 aromatic carbocycles. The van der Waals surface area contributed by atoms with Crippen LogP contribution in [-0.2, 0) is 9.53 Å². The van der Waals surface area contributed by atoms with E-state index in [4.69, 9.17) is 19.2 Å². The lowest BCUT2D eigenvalue weighted by molar-refractivity contribution is -0.139. The maximum absolute atomic E-state index is 14.6. The van der Waals surface area contributed by atoms with Crippen LogP contribution in [0.4, 0.5) is 0 Å². The summed E-state index contributed by atoms with van der Waals surface area (Å²) in [5.74, 6) is 0.488. The minimum Gasteiger partial charge on any atom is -0.493 e. The van der Waals surface area contributed by atoms with Gasteiger partial charge in [-0.2, -0.15) is 0 Å². The second kappa shape index (κ2) is 13.9. The third-order valence-electron chi connectivity index (χ3n) is 8.69. The number of carbonyl (C=O) groups is 1. The Morgan fingerprint density at radius 3 is 2.12 bits per heavy atom. The minimum atomic E-state index is -0.797. The summed E-state index contributed by atoms with van der Waals surface area (Å²) in [4.78, 5) is 33.4. The lowest BCUT2D eigenvalue weighted by atomic mass is 9.95. The largest absolute Gasteiger partial charge is 0.493 e. The maximum Gasteiger partial charge on any atom is 0.338 e. The standard InChI is InChI=1S/C41H35N3O5S/c1-5-49-40(46)36-26(2)42-41-44(38(36)29-21-22-33(47-3)34(24-29)48-4)39(45)35(50-41)25-30-23-32(27-15-9-6-10-16-27)43(31-19-13-8-14-20-31)37(30)28-17-11-7-12-18-28/h6-25,38H,5H2,1-4H3/b35-25-/t38-/m0/s1. The molecule has 0 N–H and O–H groups in total. The van der Waals surface area contributed by atoms with Gasteiger partial charge in [-0.15, -0.1) is 0 Å². The van der Waals surface area contributed by atoms with Gasteiger partial charge >= 0.3 is 5.97 Å². The van der Waals surface area contributed by atoms with E-state index in [1.165, 1.54) is 11.3 Å². The van der Waals surface area contributed by atoms with Crippen LogP contribution in [-0.4, -0.2) is 35.9 Å². The SMILES string of the molecule is CCOC(=O)C1=C(C)N=c2s/c(=C\c3cc(-c4ccccc4)n(-c4ccccc4)c3-c3ccccc3)c(=O)n2[C@H]1c1ccc(OC)c(OC)c1. The molecule has 7 rings (SSSR count). The molecule has 1 aliphatic heterocycles. The fraction of sp³-hybridized carbons (Fsp3) is 0.146. The maximum atomic E-state index is 14.6. The summed E-state index contributed by atoms with van der Waals surface area (Å²) in [6.45, 7) is 3.71. The van der Waals surface area contributed by atoms with Crippen LogP contribution in [0, 0.1) is 0 Å². The van der Waals surface area contributed by atoms with Crippen molar-refractivity contribution in [2.45, 2.75) is 19.9 Å². The molecule has 0 saturated heterocycles. The van der Waals surface area contributed by atoms with Gasteiger partial charge in [0, 0.05) is 11.3 Å². The number of thiazole rings is 1. The monoisotopic (exact) mass is 681 g/mol. The highest BCUT2D eigenvalue weighted by Gasteiger charge is 2.34. The van der Waals surface area contributed by atoms with E-state index in [0.717, 1.165) is 33.8 Å². The molecular weight excluding hydrogens is 647 g/mol. The van der Waals surface area contributed by atoms with E-state index in [1.807, 2.05) is 66.7 Å². The Bertz CT molecular complexity index is 2410. The molecule has 250 valence electrons. The first kappa shape index (κ1) is 32.6. The fourth-order valence-electron chi connectivity index (χ4n) is 6.47. The Kier molecular flexibility index (Phi) is 9.06. The van der Waals surface area contributed by atoms with Crippen molar-refractivity contribution < 1.29 is 19.0 Å². The molecule has 8 nitrogen and oxygen atoms in total. The first-order chi connectivity index (χ1) is 24.4. The third-order valence-corrected chi connectivity index (χ3v) is 9.67. The fourth-order valence-corrected chi connectivity index (χ4v) is 7.51. The van der Waals surface area contributed by atoms with Crippen LogP contribution in [0.3, 0.4) is 0 Å². The number of hydrogen-bond donors (Lipinski definition) is 0. The summed E-state index contributed by atoms with van der Waals surface area (Å²) in [5.41, 5.74) is 7.02. The average molecular weight is 682 g/mol. The summed E-state index contributed by atoms with van der Waals surface area (Å²) in [7, 11) is 3.11. The van der Waals surface area contributed by atoms with E-state index in [-0.39, 0.29) is 12.2 Å². The Balaban J connectivity index is 1.50. The summed E-state index contributed by atoms with van der Waals surface area (Å²) in [5, 5.41) is 0. The van der Waals surface area contributed by atoms with Gasteiger partial charge in [0.05, 0.1) is 54.1 Å². The van der Waals surface area contributed by atoms with Crippen LogP contribution < -0.4 is 24.4 Å².